The van der Waals surface area contributed by atoms with Gasteiger partial charge in [0, 0.05) is 0 Å². The van der Waals surface area contributed by atoms with Crippen molar-refractivity contribution in [2.45, 2.75) is 0 Å². The van der Waals surface area contributed by atoms with Crippen molar-refractivity contribution in [3.05, 3.63) is 32.6 Å². The Morgan fingerprint density at radius 2 is 1.67 bits per heavy atom. The first-order chi connectivity index (χ1) is 5.69. The highest BCUT2D eigenvalue weighted by Crippen LogP contribution is 2.16. The van der Waals surface area contributed by atoms with E-state index < -0.39 is 5.82 Å². The maximum absolute atomic E-state index is 12.8. The minimum absolute atomic E-state index is 0.0791. The second-order valence-corrected chi connectivity index (χ2v) is 3.20. The zero-order chi connectivity index (χ0) is 9.14. The fourth-order valence-corrected chi connectivity index (χ4v) is 1.20. The molecule has 0 aromatic heterocycles. The van der Waals surface area contributed by atoms with Gasteiger partial charge in [-0.3, -0.25) is 0 Å². The standard InChI is InChI=1S/C8H2FIN2/c9-7-1-5(3-11)6(4-12)2-8(7)10/h1-2H. The molecule has 0 unspecified atom stereocenters. The number of hydrogen-bond donors (Lipinski definition) is 0. The van der Waals surface area contributed by atoms with Gasteiger partial charge in [-0.2, -0.15) is 10.5 Å². The molecule has 1 rings (SSSR count). The zero-order valence-corrected chi connectivity index (χ0v) is 7.96. The molecule has 12 heavy (non-hydrogen) atoms. The van der Waals surface area contributed by atoms with Gasteiger partial charge in [0.2, 0.25) is 0 Å². The molecule has 0 spiro atoms. The van der Waals surface area contributed by atoms with E-state index in [4.69, 9.17) is 10.5 Å². The van der Waals surface area contributed by atoms with Crippen LogP contribution in [0.1, 0.15) is 11.1 Å². The largest absolute Gasteiger partial charge is 0.206 e. The molecule has 0 fully saturated rings. The molecule has 0 N–H and O–H groups in total. The van der Waals surface area contributed by atoms with E-state index in [0.29, 0.717) is 3.57 Å². The van der Waals surface area contributed by atoms with Gasteiger partial charge in [0.15, 0.2) is 0 Å². The predicted octanol–water partition coefficient (Wildman–Crippen LogP) is 2.17. The Labute approximate surface area is 82.4 Å². The first kappa shape index (κ1) is 8.95. The number of hydrogen-bond acceptors (Lipinski definition) is 2. The van der Waals surface area contributed by atoms with Crippen LogP contribution in [0.3, 0.4) is 0 Å². The minimum Gasteiger partial charge on any atom is -0.206 e. The smallest absolute Gasteiger partial charge is 0.137 e. The van der Waals surface area contributed by atoms with Crippen LogP contribution in [0.25, 0.3) is 0 Å². The summed E-state index contributed by atoms with van der Waals surface area (Å²) < 4.78 is 13.2. The Kier molecular flexibility index (Phi) is 2.61. The van der Waals surface area contributed by atoms with Gasteiger partial charge in [0.25, 0.3) is 0 Å². The molecule has 0 heterocycles. The first-order valence-corrected chi connectivity index (χ1v) is 4.06. The monoisotopic (exact) mass is 272 g/mol. The molecule has 0 aliphatic carbocycles. The molecule has 0 aliphatic rings. The van der Waals surface area contributed by atoms with Crippen LogP contribution in [0, 0.1) is 32.0 Å². The van der Waals surface area contributed by atoms with E-state index in [1.165, 1.54) is 6.07 Å². The number of nitriles is 2. The summed E-state index contributed by atoms with van der Waals surface area (Å²) in [6, 6.07) is 5.99. The van der Waals surface area contributed by atoms with Crippen LogP contribution in [-0.2, 0) is 0 Å². The van der Waals surface area contributed by atoms with Gasteiger partial charge in [0.05, 0.1) is 14.7 Å². The molecular weight excluding hydrogens is 270 g/mol. The maximum atomic E-state index is 12.8. The second kappa shape index (κ2) is 3.51. The second-order valence-electron chi connectivity index (χ2n) is 2.04. The fourth-order valence-electron chi connectivity index (χ4n) is 0.732. The lowest BCUT2D eigenvalue weighted by Gasteiger charge is -1.96. The van der Waals surface area contributed by atoms with Crippen molar-refractivity contribution >= 4 is 22.6 Å². The molecule has 1 aromatic carbocycles. The van der Waals surface area contributed by atoms with Gasteiger partial charge in [-0.25, -0.2) is 4.39 Å². The number of nitrogens with zero attached hydrogens (tertiary/aromatic N) is 2. The minimum atomic E-state index is -0.467. The number of benzene rings is 1. The van der Waals surface area contributed by atoms with Crippen LogP contribution in [0.15, 0.2) is 12.1 Å². The molecule has 0 atom stereocenters. The van der Waals surface area contributed by atoms with Crippen molar-refractivity contribution in [2.24, 2.45) is 0 Å². The lowest BCUT2D eigenvalue weighted by atomic mass is 10.1. The Morgan fingerprint density at radius 3 is 2.17 bits per heavy atom. The van der Waals surface area contributed by atoms with Gasteiger partial charge in [-0.1, -0.05) is 0 Å². The van der Waals surface area contributed by atoms with Crippen molar-refractivity contribution < 1.29 is 4.39 Å². The zero-order valence-electron chi connectivity index (χ0n) is 5.81. The Bertz CT molecular complexity index is 362. The highest BCUT2D eigenvalue weighted by Gasteiger charge is 2.06. The van der Waals surface area contributed by atoms with Crippen LogP contribution >= 0.6 is 22.6 Å². The average molecular weight is 272 g/mol. The van der Waals surface area contributed by atoms with Crippen LogP contribution in [-0.4, -0.2) is 0 Å². The number of halogens is 2. The summed E-state index contributed by atoms with van der Waals surface area (Å²) in [7, 11) is 0. The van der Waals surface area contributed by atoms with E-state index in [2.05, 4.69) is 0 Å². The average Bonchev–Trinajstić information content (AvgIpc) is 2.09. The SMILES string of the molecule is N#Cc1cc(F)c(I)cc1C#N. The quantitative estimate of drug-likeness (QED) is 0.679. The number of rotatable bonds is 0. The molecule has 0 aliphatic heterocycles. The third-order valence-corrected chi connectivity index (χ3v) is 2.13. The van der Waals surface area contributed by atoms with Crippen molar-refractivity contribution in [3.8, 4) is 12.1 Å². The summed E-state index contributed by atoms with van der Waals surface area (Å²) in [6.07, 6.45) is 0. The van der Waals surface area contributed by atoms with Gasteiger partial charge in [-0.15, -0.1) is 0 Å². The van der Waals surface area contributed by atoms with Crippen LogP contribution < -0.4 is 0 Å². The van der Waals surface area contributed by atoms with Crippen molar-refractivity contribution in [2.75, 3.05) is 0 Å². The van der Waals surface area contributed by atoms with E-state index in [9.17, 15) is 4.39 Å². The Morgan fingerprint density at radius 1 is 1.17 bits per heavy atom. The van der Waals surface area contributed by atoms with Crippen molar-refractivity contribution in [3.63, 3.8) is 0 Å². The molecule has 0 radical (unpaired) electrons. The van der Waals surface area contributed by atoms with E-state index in [0.717, 1.165) is 6.07 Å². The summed E-state index contributed by atoms with van der Waals surface area (Å²) in [4.78, 5) is 0. The van der Waals surface area contributed by atoms with E-state index in [1.807, 2.05) is 6.07 Å². The van der Waals surface area contributed by atoms with Crippen LogP contribution in [0.2, 0.25) is 0 Å². The molecule has 58 valence electrons. The third kappa shape index (κ3) is 1.54. The molecule has 0 bridgehead atoms. The molecule has 0 amide bonds. The topological polar surface area (TPSA) is 47.6 Å². The Hall–Kier alpha value is -1.14. The normalized spacial score (nSPS) is 8.67. The molecule has 4 heteroatoms. The third-order valence-electron chi connectivity index (χ3n) is 1.30. The molecular formula is C8H2FIN2. The van der Waals surface area contributed by atoms with Crippen LogP contribution in [0.5, 0.6) is 0 Å². The fraction of sp³-hybridized carbons (Fsp3) is 0. The summed E-state index contributed by atoms with van der Waals surface area (Å²) in [5, 5.41) is 17.0. The van der Waals surface area contributed by atoms with E-state index in [-0.39, 0.29) is 11.1 Å². The lowest BCUT2D eigenvalue weighted by Crippen LogP contribution is -1.89. The van der Waals surface area contributed by atoms with E-state index in [1.54, 1.807) is 28.7 Å². The highest BCUT2D eigenvalue weighted by atomic mass is 127. The molecule has 1 aromatic rings. The summed E-state index contributed by atoms with van der Waals surface area (Å²) in [5.41, 5.74) is 0.290. The lowest BCUT2D eigenvalue weighted by molar-refractivity contribution is 0.619. The molecule has 0 saturated heterocycles. The first-order valence-electron chi connectivity index (χ1n) is 2.98. The van der Waals surface area contributed by atoms with Crippen molar-refractivity contribution in [1.29, 1.82) is 10.5 Å². The summed E-state index contributed by atoms with van der Waals surface area (Å²) >= 11 is 1.77. The van der Waals surface area contributed by atoms with Gasteiger partial charge in [-0.05, 0) is 34.7 Å². The Balaban J connectivity index is 3.44. The molecule has 2 nitrogen and oxygen atoms in total. The van der Waals surface area contributed by atoms with Gasteiger partial charge >= 0.3 is 0 Å². The maximum Gasteiger partial charge on any atom is 0.137 e. The van der Waals surface area contributed by atoms with Gasteiger partial charge in [0.1, 0.15) is 18.0 Å². The van der Waals surface area contributed by atoms with Gasteiger partial charge < -0.3 is 0 Å². The predicted molar refractivity (Wildman–Crippen MR) is 48.5 cm³/mol. The van der Waals surface area contributed by atoms with Crippen molar-refractivity contribution in [1.82, 2.24) is 0 Å². The van der Waals surface area contributed by atoms with Crippen LogP contribution in [0.4, 0.5) is 4.39 Å². The summed E-state index contributed by atoms with van der Waals surface area (Å²) in [6.45, 7) is 0. The van der Waals surface area contributed by atoms with E-state index >= 15 is 0 Å². The summed E-state index contributed by atoms with van der Waals surface area (Å²) in [5.74, 6) is -0.467. The highest BCUT2D eigenvalue weighted by molar-refractivity contribution is 14.1. The molecule has 0 saturated carbocycles.